The Morgan fingerprint density at radius 2 is 1.92 bits per heavy atom. The lowest BCUT2D eigenvalue weighted by Gasteiger charge is -2.31. The van der Waals surface area contributed by atoms with Gasteiger partial charge in [-0.1, -0.05) is 5.16 Å². The maximum Gasteiger partial charge on any atom is 0.433 e. The van der Waals surface area contributed by atoms with Crippen LogP contribution in [0.15, 0.2) is 16.7 Å². The quantitative estimate of drug-likeness (QED) is 0.379. The molecule has 0 amide bonds. The number of ether oxygens (including phenoxy) is 1. The third-order valence-corrected chi connectivity index (χ3v) is 7.86. The van der Waals surface area contributed by atoms with Crippen LogP contribution in [0.25, 0.3) is 5.65 Å². The number of hydrogen-bond donors (Lipinski definition) is 0. The smallest absolute Gasteiger partial charge is 0.433 e. The molecule has 0 N–H and O–H groups in total. The molecule has 15 heteroatoms. The third kappa shape index (κ3) is 3.03. The molecule has 0 radical (unpaired) electrons. The average Bonchev–Trinajstić information content (AvgIpc) is 3.12. The van der Waals surface area contributed by atoms with Crippen LogP contribution in [0.2, 0.25) is 0 Å². The molecule has 1 unspecified atom stereocenters. The minimum absolute atomic E-state index is 0.00645. The Balaban J connectivity index is 1.41. The number of piperidine rings is 2. The number of rotatable bonds is 4. The van der Waals surface area contributed by atoms with Crippen molar-refractivity contribution in [3.8, 4) is 5.75 Å². The van der Waals surface area contributed by atoms with Gasteiger partial charge in [-0.3, -0.25) is 0 Å². The van der Waals surface area contributed by atoms with Crippen molar-refractivity contribution in [3.63, 3.8) is 0 Å². The molecule has 3 aromatic rings. The van der Waals surface area contributed by atoms with E-state index in [4.69, 9.17) is 9.26 Å². The van der Waals surface area contributed by atoms with Crippen LogP contribution in [0, 0.1) is 12.8 Å². The Hall–Kier alpha value is -3.26. The van der Waals surface area contributed by atoms with Crippen molar-refractivity contribution in [1.82, 2.24) is 24.7 Å². The number of fused-ring (bicyclic) bond motifs is 1. The van der Waals surface area contributed by atoms with Crippen molar-refractivity contribution in [2.24, 2.45) is 5.92 Å². The van der Waals surface area contributed by atoms with Gasteiger partial charge in [-0.15, -0.1) is 5.10 Å². The molecule has 194 valence electrons. The standard InChI is InChI=1S/C21H21F6N7O2/c1-10(20(22,23)24)35-13-4-5-14(21(25,26)27)33-15(13)29-16(30-33)34-18(3)12-6-7-19(18,34)9-32(8-12)17-28-11(2)31-36-17/h4-5,10,12H,6-9H2,1-3H3/t10?,12-,18-,19-,34?/m0/s1. The van der Waals surface area contributed by atoms with Gasteiger partial charge in [0.15, 0.2) is 23.3 Å². The molecule has 9 nitrogen and oxygen atoms in total. The van der Waals surface area contributed by atoms with Crippen molar-refractivity contribution in [3.05, 3.63) is 23.7 Å². The zero-order valence-electron chi connectivity index (χ0n) is 19.4. The van der Waals surface area contributed by atoms with Gasteiger partial charge in [-0.05, 0) is 45.7 Å². The van der Waals surface area contributed by atoms with Crippen LogP contribution in [-0.4, -0.2) is 61.2 Å². The predicted molar refractivity (Wildman–Crippen MR) is 112 cm³/mol. The second kappa shape index (κ2) is 6.94. The van der Waals surface area contributed by atoms with E-state index < -0.39 is 46.6 Å². The third-order valence-electron chi connectivity index (χ3n) is 7.86. The SMILES string of the molecule is Cc1noc(N2C[C@@H]3CC[C@@]4(C2)N(c2nc5c(OC(C)C(F)(F)F)ccc(C(F)(F)F)n5n2)[C@@]34C)n1. The van der Waals surface area contributed by atoms with E-state index in [2.05, 4.69) is 20.2 Å². The lowest BCUT2D eigenvalue weighted by atomic mass is 9.87. The Bertz CT molecular complexity index is 1350. The molecule has 6 rings (SSSR count). The largest absolute Gasteiger partial charge is 0.477 e. The minimum Gasteiger partial charge on any atom is -0.477 e. The van der Waals surface area contributed by atoms with Crippen molar-refractivity contribution in [2.45, 2.75) is 63.1 Å². The van der Waals surface area contributed by atoms with E-state index >= 15 is 0 Å². The molecule has 2 saturated heterocycles. The maximum absolute atomic E-state index is 13.7. The van der Waals surface area contributed by atoms with Gasteiger partial charge < -0.3 is 19.1 Å². The summed E-state index contributed by atoms with van der Waals surface area (Å²) in [5.74, 6) is 0.172. The topological polar surface area (TPSA) is 84.6 Å². The summed E-state index contributed by atoms with van der Waals surface area (Å²) in [6.45, 7) is 5.57. The van der Waals surface area contributed by atoms with E-state index in [1.807, 2.05) is 16.7 Å². The summed E-state index contributed by atoms with van der Waals surface area (Å²) >= 11 is 0. The van der Waals surface area contributed by atoms with Crippen LogP contribution in [0.3, 0.4) is 0 Å². The first kappa shape index (κ1) is 23.2. The fraction of sp³-hybridized carbons (Fsp3) is 0.619. The van der Waals surface area contributed by atoms with Gasteiger partial charge in [0, 0.05) is 19.0 Å². The molecule has 1 saturated carbocycles. The van der Waals surface area contributed by atoms with E-state index in [1.165, 1.54) is 0 Å². The van der Waals surface area contributed by atoms with E-state index in [-0.39, 0.29) is 11.9 Å². The Labute approximate surface area is 200 Å². The van der Waals surface area contributed by atoms with Crippen molar-refractivity contribution < 1.29 is 35.6 Å². The van der Waals surface area contributed by atoms with E-state index in [1.54, 1.807) is 6.92 Å². The number of halogens is 6. The van der Waals surface area contributed by atoms with Crippen molar-refractivity contribution in [2.75, 3.05) is 22.9 Å². The molecule has 0 aromatic carbocycles. The van der Waals surface area contributed by atoms with E-state index in [9.17, 15) is 26.3 Å². The van der Waals surface area contributed by atoms with Gasteiger partial charge >= 0.3 is 18.4 Å². The van der Waals surface area contributed by atoms with Gasteiger partial charge in [0.05, 0.1) is 11.1 Å². The average molecular weight is 517 g/mol. The Morgan fingerprint density at radius 3 is 2.56 bits per heavy atom. The van der Waals surface area contributed by atoms with Gasteiger partial charge in [0.2, 0.25) is 5.95 Å². The lowest BCUT2D eigenvalue weighted by molar-refractivity contribution is -0.189. The Morgan fingerprint density at radius 1 is 1.17 bits per heavy atom. The van der Waals surface area contributed by atoms with E-state index in [0.29, 0.717) is 35.5 Å². The van der Waals surface area contributed by atoms with Crippen LogP contribution in [0.5, 0.6) is 5.75 Å². The molecule has 0 spiro atoms. The second-order valence-electron chi connectivity index (χ2n) is 9.78. The Kier molecular flexibility index (Phi) is 4.46. The van der Waals surface area contributed by atoms with Gasteiger partial charge in [0.1, 0.15) is 5.69 Å². The molecule has 4 atom stereocenters. The first-order valence-corrected chi connectivity index (χ1v) is 11.3. The van der Waals surface area contributed by atoms with Gasteiger partial charge in [0.25, 0.3) is 0 Å². The molecule has 1 aliphatic carbocycles. The lowest BCUT2D eigenvalue weighted by Crippen LogP contribution is -2.46. The second-order valence-corrected chi connectivity index (χ2v) is 9.78. The summed E-state index contributed by atoms with van der Waals surface area (Å²) in [5.41, 5.74) is -2.51. The van der Waals surface area contributed by atoms with Gasteiger partial charge in [-0.25, -0.2) is 4.52 Å². The number of hydrogen-bond acceptors (Lipinski definition) is 8. The van der Waals surface area contributed by atoms with Crippen LogP contribution < -0.4 is 14.5 Å². The summed E-state index contributed by atoms with van der Waals surface area (Å²) in [7, 11) is 0. The number of anilines is 2. The molecule has 5 heterocycles. The molecule has 2 aliphatic heterocycles. The highest BCUT2D eigenvalue weighted by atomic mass is 19.4. The zero-order chi connectivity index (χ0) is 25.8. The molecular formula is C21H21F6N7O2. The molecule has 2 bridgehead atoms. The summed E-state index contributed by atoms with van der Waals surface area (Å²) in [5, 5.41) is 7.97. The van der Waals surface area contributed by atoms with Crippen LogP contribution in [0.4, 0.5) is 38.3 Å². The van der Waals surface area contributed by atoms with Crippen molar-refractivity contribution in [1.29, 1.82) is 0 Å². The van der Waals surface area contributed by atoms with Crippen LogP contribution in [0.1, 0.15) is 38.2 Å². The number of nitrogens with zero attached hydrogens (tertiary/aromatic N) is 7. The highest BCUT2D eigenvalue weighted by Gasteiger charge is 2.81. The number of aryl methyl sites for hydroxylation is 1. The monoisotopic (exact) mass is 517 g/mol. The maximum atomic E-state index is 13.7. The predicted octanol–water partition coefficient (Wildman–Crippen LogP) is 4.02. The highest BCUT2D eigenvalue weighted by molar-refractivity contribution is 5.68. The number of aromatic nitrogens is 5. The minimum atomic E-state index is -4.81. The summed E-state index contributed by atoms with van der Waals surface area (Å²) in [4.78, 5) is 12.4. The highest BCUT2D eigenvalue weighted by Crippen LogP contribution is 2.68. The summed E-state index contributed by atoms with van der Waals surface area (Å²) < 4.78 is 91.3. The zero-order valence-corrected chi connectivity index (χ0v) is 19.4. The summed E-state index contributed by atoms with van der Waals surface area (Å²) in [6, 6.07) is 1.86. The molecule has 3 aromatic heterocycles. The summed E-state index contributed by atoms with van der Waals surface area (Å²) in [6.07, 6.45) is -10.1. The first-order chi connectivity index (χ1) is 16.8. The molecule has 3 aliphatic rings. The number of pyridine rings is 1. The van der Waals surface area contributed by atoms with Gasteiger partial charge in [-0.2, -0.15) is 36.3 Å². The fourth-order valence-electron chi connectivity index (χ4n) is 6.00. The molecular weight excluding hydrogens is 496 g/mol. The van der Waals surface area contributed by atoms with Crippen molar-refractivity contribution >= 4 is 17.6 Å². The van der Waals surface area contributed by atoms with Crippen LogP contribution >= 0.6 is 0 Å². The first-order valence-electron chi connectivity index (χ1n) is 11.3. The molecule has 3 fully saturated rings. The fourth-order valence-corrected chi connectivity index (χ4v) is 6.00. The number of alkyl halides is 6. The normalized spacial score (nSPS) is 28.5. The van der Waals surface area contributed by atoms with E-state index in [0.717, 1.165) is 25.8 Å². The van der Waals surface area contributed by atoms with Crippen LogP contribution in [-0.2, 0) is 6.18 Å². The molecule has 36 heavy (non-hydrogen) atoms.